The van der Waals surface area contributed by atoms with Crippen LogP contribution in [0.2, 0.25) is 0 Å². The van der Waals surface area contributed by atoms with E-state index in [0.29, 0.717) is 36.8 Å². The first-order valence-corrected chi connectivity index (χ1v) is 7.99. The van der Waals surface area contributed by atoms with Gasteiger partial charge in [-0.1, -0.05) is 30.3 Å². The lowest BCUT2D eigenvalue weighted by Gasteiger charge is -2.09. The molecule has 1 heterocycles. The van der Waals surface area contributed by atoms with Crippen molar-refractivity contribution in [1.82, 2.24) is 9.97 Å². The van der Waals surface area contributed by atoms with Crippen molar-refractivity contribution in [1.29, 1.82) is 0 Å². The van der Waals surface area contributed by atoms with Gasteiger partial charge in [0.15, 0.2) is 0 Å². The Morgan fingerprint density at radius 2 is 1.68 bits per heavy atom. The molecule has 0 atom stereocenters. The van der Waals surface area contributed by atoms with Crippen molar-refractivity contribution in [3.05, 3.63) is 83.6 Å². The molecule has 0 radical (unpaired) electrons. The van der Waals surface area contributed by atoms with Crippen LogP contribution in [-0.4, -0.2) is 16.5 Å². The summed E-state index contributed by atoms with van der Waals surface area (Å²) in [6.07, 6.45) is 2.21. The van der Waals surface area contributed by atoms with Crippen LogP contribution in [0.15, 0.2) is 60.8 Å². The molecule has 1 aromatic heterocycles. The molecule has 0 saturated heterocycles. The molecule has 0 aliphatic rings. The monoisotopic (exact) mass is 340 g/mol. The Morgan fingerprint density at radius 1 is 0.880 bits per heavy atom. The van der Waals surface area contributed by atoms with Crippen LogP contribution in [0.5, 0.6) is 0 Å². The molecule has 6 heteroatoms. The predicted molar refractivity (Wildman–Crippen MR) is 94.4 cm³/mol. The molecule has 25 heavy (non-hydrogen) atoms. The van der Waals surface area contributed by atoms with Crippen LogP contribution >= 0.6 is 0 Å². The largest absolute Gasteiger partial charge is 0.370 e. The van der Waals surface area contributed by atoms with E-state index in [0.717, 1.165) is 5.56 Å². The molecule has 2 aromatic carbocycles. The predicted octanol–water partition coefficient (Wildman–Crippen LogP) is 4.02. The highest BCUT2D eigenvalue weighted by Crippen LogP contribution is 2.10. The number of benzene rings is 2. The van der Waals surface area contributed by atoms with Gasteiger partial charge in [0, 0.05) is 19.3 Å². The quantitative estimate of drug-likeness (QED) is 0.682. The Balaban J connectivity index is 1.52. The fraction of sp³-hybridized carbons (Fsp3) is 0.158. The smallest absolute Gasteiger partial charge is 0.224 e. The summed E-state index contributed by atoms with van der Waals surface area (Å²) in [7, 11) is 0. The summed E-state index contributed by atoms with van der Waals surface area (Å²) in [6, 6.07) is 14.7. The van der Waals surface area contributed by atoms with Crippen molar-refractivity contribution < 1.29 is 8.78 Å². The Kier molecular flexibility index (Phi) is 5.51. The highest BCUT2D eigenvalue weighted by Gasteiger charge is 2.02. The van der Waals surface area contributed by atoms with Gasteiger partial charge in [-0.3, -0.25) is 0 Å². The maximum atomic E-state index is 13.6. The maximum absolute atomic E-state index is 13.6. The number of hydrogen-bond acceptors (Lipinski definition) is 4. The van der Waals surface area contributed by atoms with Gasteiger partial charge >= 0.3 is 0 Å². The normalized spacial score (nSPS) is 10.5. The van der Waals surface area contributed by atoms with Gasteiger partial charge in [-0.25, -0.2) is 13.8 Å². The molecule has 0 amide bonds. The molecule has 0 spiro atoms. The highest BCUT2D eigenvalue weighted by atomic mass is 19.1. The Bertz CT molecular complexity index is 822. The molecule has 2 N–H and O–H groups in total. The molecule has 0 bridgehead atoms. The number of anilines is 2. The van der Waals surface area contributed by atoms with Crippen LogP contribution in [0.3, 0.4) is 0 Å². The average Bonchev–Trinajstić information content (AvgIpc) is 2.63. The van der Waals surface area contributed by atoms with E-state index in [1.165, 1.54) is 18.2 Å². The van der Waals surface area contributed by atoms with Gasteiger partial charge < -0.3 is 10.6 Å². The minimum Gasteiger partial charge on any atom is -0.370 e. The second-order valence-corrected chi connectivity index (χ2v) is 5.51. The molecule has 0 aliphatic carbocycles. The zero-order valence-electron chi connectivity index (χ0n) is 13.5. The van der Waals surface area contributed by atoms with E-state index < -0.39 is 0 Å². The summed E-state index contributed by atoms with van der Waals surface area (Å²) in [5.41, 5.74) is 1.60. The van der Waals surface area contributed by atoms with E-state index in [9.17, 15) is 8.78 Å². The van der Waals surface area contributed by atoms with E-state index >= 15 is 0 Å². The van der Waals surface area contributed by atoms with Gasteiger partial charge in [0.2, 0.25) is 5.95 Å². The summed E-state index contributed by atoms with van der Waals surface area (Å²) < 4.78 is 26.5. The highest BCUT2D eigenvalue weighted by molar-refractivity contribution is 5.40. The molecule has 0 fully saturated rings. The summed E-state index contributed by atoms with van der Waals surface area (Å²) in [4.78, 5) is 8.51. The number of halogens is 2. The maximum Gasteiger partial charge on any atom is 0.224 e. The van der Waals surface area contributed by atoms with Crippen molar-refractivity contribution >= 4 is 11.8 Å². The second kappa shape index (κ2) is 8.19. The third-order valence-corrected chi connectivity index (χ3v) is 3.68. The van der Waals surface area contributed by atoms with E-state index in [-0.39, 0.29) is 11.6 Å². The fourth-order valence-corrected chi connectivity index (χ4v) is 2.35. The zero-order chi connectivity index (χ0) is 17.5. The van der Waals surface area contributed by atoms with Crippen molar-refractivity contribution in [3.8, 4) is 0 Å². The standard InChI is InChI=1S/C19H18F2N4/c20-16-7-5-14(6-8-16)13-24-19-23-12-10-18(25-19)22-11-9-15-3-1-2-4-17(15)21/h1-8,10,12H,9,11,13H2,(H2,22,23,24,25). The SMILES string of the molecule is Fc1ccc(CNc2nccc(NCCc3ccccc3F)n2)cc1. The number of aromatic nitrogens is 2. The molecule has 128 valence electrons. The zero-order valence-corrected chi connectivity index (χ0v) is 13.5. The van der Waals surface area contributed by atoms with Gasteiger partial charge in [-0.15, -0.1) is 0 Å². The van der Waals surface area contributed by atoms with Crippen LogP contribution in [-0.2, 0) is 13.0 Å². The van der Waals surface area contributed by atoms with Crippen LogP contribution in [0, 0.1) is 11.6 Å². The van der Waals surface area contributed by atoms with E-state index in [2.05, 4.69) is 20.6 Å². The number of hydrogen-bond donors (Lipinski definition) is 2. The first-order valence-electron chi connectivity index (χ1n) is 7.99. The van der Waals surface area contributed by atoms with Crippen LogP contribution in [0.1, 0.15) is 11.1 Å². The Labute approximate surface area is 145 Å². The third-order valence-electron chi connectivity index (χ3n) is 3.68. The van der Waals surface area contributed by atoms with E-state index in [1.54, 1.807) is 36.5 Å². The van der Waals surface area contributed by atoms with Crippen LogP contribution in [0.4, 0.5) is 20.5 Å². The average molecular weight is 340 g/mol. The van der Waals surface area contributed by atoms with Crippen molar-refractivity contribution in [3.63, 3.8) is 0 Å². The first kappa shape index (κ1) is 16.8. The molecule has 0 saturated carbocycles. The van der Waals surface area contributed by atoms with Gasteiger partial charge in [0.05, 0.1) is 0 Å². The molecular formula is C19H18F2N4. The summed E-state index contributed by atoms with van der Waals surface area (Å²) in [6.45, 7) is 1.06. The Hall–Kier alpha value is -3.02. The molecule has 0 aliphatic heterocycles. The minimum atomic E-state index is -0.263. The van der Waals surface area contributed by atoms with Crippen LogP contribution < -0.4 is 10.6 Å². The summed E-state index contributed by atoms with van der Waals surface area (Å²) in [5, 5.41) is 6.25. The summed E-state index contributed by atoms with van der Waals surface area (Å²) in [5.74, 6) is 0.669. The van der Waals surface area contributed by atoms with Crippen molar-refractivity contribution in [2.45, 2.75) is 13.0 Å². The minimum absolute atomic E-state index is 0.200. The van der Waals surface area contributed by atoms with Crippen molar-refractivity contribution in [2.75, 3.05) is 17.2 Å². The van der Waals surface area contributed by atoms with Gasteiger partial charge in [0.1, 0.15) is 17.5 Å². The second-order valence-electron chi connectivity index (χ2n) is 5.51. The lowest BCUT2D eigenvalue weighted by Crippen LogP contribution is -2.09. The Morgan fingerprint density at radius 3 is 2.48 bits per heavy atom. The van der Waals surface area contributed by atoms with E-state index in [4.69, 9.17) is 0 Å². The fourth-order valence-electron chi connectivity index (χ4n) is 2.35. The van der Waals surface area contributed by atoms with E-state index in [1.807, 2.05) is 6.07 Å². The lowest BCUT2D eigenvalue weighted by atomic mass is 10.1. The summed E-state index contributed by atoms with van der Waals surface area (Å²) >= 11 is 0. The number of nitrogens with zero attached hydrogens (tertiary/aromatic N) is 2. The van der Waals surface area contributed by atoms with Crippen LogP contribution in [0.25, 0.3) is 0 Å². The molecule has 3 rings (SSSR count). The number of nitrogens with one attached hydrogen (secondary N) is 2. The molecular weight excluding hydrogens is 322 g/mol. The molecule has 3 aromatic rings. The van der Waals surface area contributed by atoms with Gasteiger partial charge in [0.25, 0.3) is 0 Å². The van der Waals surface area contributed by atoms with Gasteiger partial charge in [-0.05, 0) is 41.8 Å². The first-order chi connectivity index (χ1) is 12.2. The molecule has 4 nitrogen and oxygen atoms in total. The topological polar surface area (TPSA) is 49.8 Å². The van der Waals surface area contributed by atoms with Crippen molar-refractivity contribution in [2.24, 2.45) is 0 Å². The molecule has 0 unspecified atom stereocenters. The number of rotatable bonds is 7. The van der Waals surface area contributed by atoms with Gasteiger partial charge in [-0.2, -0.15) is 4.98 Å². The lowest BCUT2D eigenvalue weighted by molar-refractivity contribution is 0.610. The third kappa shape index (κ3) is 4.97.